The topological polar surface area (TPSA) is 0 Å². The van der Waals surface area contributed by atoms with Crippen molar-refractivity contribution < 1.29 is 0 Å². The van der Waals surface area contributed by atoms with Crippen LogP contribution in [-0.4, -0.2) is 4.75 Å². The molecule has 0 heterocycles. The van der Waals surface area contributed by atoms with Crippen LogP contribution in [0.1, 0.15) is 71.1 Å². The summed E-state index contributed by atoms with van der Waals surface area (Å²) in [5, 5.41) is 0. The molecule has 1 aliphatic carbocycles. The second-order valence-corrected chi connectivity index (χ2v) is 5.91. The summed E-state index contributed by atoms with van der Waals surface area (Å²) in [6, 6.07) is 0. The van der Waals surface area contributed by atoms with E-state index in [1.54, 1.807) is 0 Å². The molecule has 1 heteroatoms. The Hall–Kier alpha value is 0.350. The van der Waals surface area contributed by atoms with Crippen LogP contribution in [-0.2, 0) is 0 Å². The minimum absolute atomic E-state index is 0.324. The van der Waals surface area contributed by atoms with Crippen molar-refractivity contribution in [3.8, 4) is 0 Å². The number of hydrogen-bond acceptors (Lipinski definition) is 1. The molecule has 1 fully saturated rings. The fraction of sp³-hybridized carbons (Fsp3) is 1.00. The van der Waals surface area contributed by atoms with E-state index in [4.69, 9.17) is 12.6 Å². The van der Waals surface area contributed by atoms with Crippen molar-refractivity contribution in [2.24, 2.45) is 0 Å². The van der Waals surface area contributed by atoms with E-state index in [9.17, 15) is 0 Å². The summed E-state index contributed by atoms with van der Waals surface area (Å²) in [5.74, 6) is 0. The molecule has 0 aliphatic heterocycles. The fourth-order valence-corrected chi connectivity index (χ4v) is 2.51. The van der Waals surface area contributed by atoms with Crippen LogP contribution in [0.5, 0.6) is 0 Å². The van der Waals surface area contributed by atoms with E-state index >= 15 is 0 Å². The van der Waals surface area contributed by atoms with Crippen LogP contribution < -0.4 is 0 Å². The molecule has 0 unspecified atom stereocenters. The van der Waals surface area contributed by atoms with Gasteiger partial charge in [-0.1, -0.05) is 58.3 Å². The number of thiol groups is 1. The van der Waals surface area contributed by atoms with Gasteiger partial charge >= 0.3 is 0 Å². The van der Waals surface area contributed by atoms with Crippen molar-refractivity contribution in [2.75, 3.05) is 0 Å². The molecule has 0 saturated heterocycles. The van der Waals surface area contributed by atoms with Gasteiger partial charge in [0.15, 0.2) is 0 Å². The second kappa shape index (κ2) is 5.95. The Kier molecular flexibility index (Phi) is 5.23. The predicted octanol–water partition coefficient (Wildman–Crippen LogP) is 4.59. The number of rotatable bonds is 0. The highest BCUT2D eigenvalue weighted by atomic mass is 32.1. The molecular weight excluding hydrogens is 176 g/mol. The summed E-state index contributed by atoms with van der Waals surface area (Å²) in [6.45, 7) is 2.31. The van der Waals surface area contributed by atoms with Crippen LogP contribution in [0.25, 0.3) is 0 Å². The van der Waals surface area contributed by atoms with Crippen molar-refractivity contribution in [1.29, 1.82) is 0 Å². The Morgan fingerprint density at radius 3 is 1.38 bits per heavy atom. The molecule has 0 N–H and O–H groups in total. The lowest BCUT2D eigenvalue weighted by molar-refractivity contribution is 0.492. The molecule has 0 aromatic carbocycles. The first-order chi connectivity index (χ1) is 6.21. The molecule has 1 saturated carbocycles. The van der Waals surface area contributed by atoms with Crippen molar-refractivity contribution in [3.63, 3.8) is 0 Å². The van der Waals surface area contributed by atoms with Crippen LogP contribution >= 0.6 is 12.6 Å². The lowest BCUT2D eigenvalue weighted by atomic mass is 9.96. The normalized spacial score (nSPS) is 26.3. The molecule has 0 radical (unpaired) electrons. The lowest BCUT2D eigenvalue weighted by Gasteiger charge is -2.23. The molecule has 0 aromatic rings. The summed E-state index contributed by atoms with van der Waals surface area (Å²) >= 11 is 4.75. The van der Waals surface area contributed by atoms with Crippen LogP contribution in [0.3, 0.4) is 0 Å². The van der Waals surface area contributed by atoms with Crippen molar-refractivity contribution in [3.05, 3.63) is 0 Å². The molecule has 0 spiro atoms. The zero-order valence-corrected chi connectivity index (χ0v) is 9.91. The van der Waals surface area contributed by atoms with E-state index in [1.807, 2.05) is 0 Å². The highest BCUT2D eigenvalue weighted by Gasteiger charge is 2.17. The second-order valence-electron chi connectivity index (χ2n) is 4.83. The third-order valence-electron chi connectivity index (χ3n) is 3.18. The maximum absolute atomic E-state index is 4.75. The third-order valence-corrected chi connectivity index (χ3v) is 3.63. The summed E-state index contributed by atoms with van der Waals surface area (Å²) < 4.78 is 0.324. The first-order valence-electron chi connectivity index (χ1n) is 5.93. The van der Waals surface area contributed by atoms with Gasteiger partial charge in [0.05, 0.1) is 0 Å². The standard InChI is InChI=1S/C12H24S/c1-12(13)10-8-6-4-2-3-5-7-9-11-12/h13H,2-11H2,1H3. The van der Waals surface area contributed by atoms with Gasteiger partial charge in [0.2, 0.25) is 0 Å². The molecular formula is C12H24S. The van der Waals surface area contributed by atoms with Crippen LogP contribution in [0.2, 0.25) is 0 Å². The predicted molar refractivity (Wildman–Crippen MR) is 63.6 cm³/mol. The molecule has 1 rings (SSSR count). The van der Waals surface area contributed by atoms with E-state index in [0.29, 0.717) is 4.75 Å². The minimum Gasteiger partial charge on any atom is -0.173 e. The number of hydrogen-bond donors (Lipinski definition) is 1. The van der Waals surface area contributed by atoms with Gasteiger partial charge in [0, 0.05) is 4.75 Å². The van der Waals surface area contributed by atoms with Gasteiger partial charge in [-0.25, -0.2) is 0 Å². The van der Waals surface area contributed by atoms with E-state index in [2.05, 4.69) is 6.92 Å². The highest BCUT2D eigenvalue weighted by Crippen LogP contribution is 2.29. The minimum atomic E-state index is 0.324. The van der Waals surface area contributed by atoms with Crippen LogP contribution in [0.4, 0.5) is 0 Å². The van der Waals surface area contributed by atoms with Crippen molar-refractivity contribution in [1.82, 2.24) is 0 Å². The third kappa shape index (κ3) is 5.61. The Morgan fingerprint density at radius 2 is 1.00 bits per heavy atom. The fourth-order valence-electron chi connectivity index (χ4n) is 2.20. The summed E-state index contributed by atoms with van der Waals surface area (Å²) in [4.78, 5) is 0. The smallest absolute Gasteiger partial charge is 0.0101 e. The quantitative estimate of drug-likeness (QED) is 0.543. The summed E-state index contributed by atoms with van der Waals surface area (Å²) in [7, 11) is 0. The average Bonchev–Trinajstić information content (AvgIpc) is 2.10. The molecule has 1 aliphatic rings. The highest BCUT2D eigenvalue weighted by molar-refractivity contribution is 7.81. The van der Waals surface area contributed by atoms with Gasteiger partial charge < -0.3 is 0 Å². The lowest BCUT2D eigenvalue weighted by Crippen LogP contribution is -2.15. The van der Waals surface area contributed by atoms with Gasteiger partial charge in [-0.05, 0) is 12.8 Å². The maximum atomic E-state index is 4.75. The monoisotopic (exact) mass is 200 g/mol. The molecule has 13 heavy (non-hydrogen) atoms. The average molecular weight is 200 g/mol. The van der Waals surface area contributed by atoms with Gasteiger partial charge in [0.1, 0.15) is 0 Å². The van der Waals surface area contributed by atoms with Crippen LogP contribution in [0.15, 0.2) is 0 Å². The molecule has 0 amide bonds. The first kappa shape index (κ1) is 11.4. The zero-order valence-electron chi connectivity index (χ0n) is 9.02. The Bertz CT molecular complexity index is 115. The Morgan fingerprint density at radius 1 is 0.692 bits per heavy atom. The van der Waals surface area contributed by atoms with E-state index in [0.717, 1.165) is 0 Å². The molecule has 0 nitrogen and oxygen atoms in total. The van der Waals surface area contributed by atoms with E-state index < -0.39 is 0 Å². The summed E-state index contributed by atoms with van der Waals surface area (Å²) in [5.41, 5.74) is 0. The SMILES string of the molecule is CC1(S)CCCCCCCCCC1. The Labute approximate surface area is 88.9 Å². The van der Waals surface area contributed by atoms with Crippen LogP contribution in [0, 0.1) is 0 Å². The first-order valence-corrected chi connectivity index (χ1v) is 6.38. The van der Waals surface area contributed by atoms with E-state index in [1.165, 1.54) is 64.2 Å². The zero-order chi connectivity index (χ0) is 9.57. The molecule has 0 atom stereocenters. The maximum Gasteiger partial charge on any atom is 0.0101 e. The Balaban J connectivity index is 2.27. The molecule has 0 bridgehead atoms. The van der Waals surface area contributed by atoms with Gasteiger partial charge in [-0.15, -0.1) is 0 Å². The van der Waals surface area contributed by atoms with Crippen molar-refractivity contribution in [2.45, 2.75) is 75.9 Å². The van der Waals surface area contributed by atoms with Gasteiger partial charge in [-0.2, -0.15) is 12.6 Å². The van der Waals surface area contributed by atoms with Gasteiger partial charge in [0.25, 0.3) is 0 Å². The van der Waals surface area contributed by atoms with E-state index in [-0.39, 0.29) is 0 Å². The molecule has 78 valence electrons. The van der Waals surface area contributed by atoms with Crippen molar-refractivity contribution >= 4 is 12.6 Å². The van der Waals surface area contributed by atoms with Gasteiger partial charge in [-0.3, -0.25) is 0 Å². The molecule has 0 aromatic heterocycles. The summed E-state index contributed by atoms with van der Waals surface area (Å²) in [6.07, 6.45) is 14.1. The largest absolute Gasteiger partial charge is 0.173 e.